The molecule has 0 aliphatic carbocycles. The summed E-state index contributed by atoms with van der Waals surface area (Å²) in [5, 5.41) is 10.2. The van der Waals surface area contributed by atoms with Crippen molar-refractivity contribution in [2.75, 3.05) is 11.6 Å². The van der Waals surface area contributed by atoms with Gasteiger partial charge >= 0.3 is 6.18 Å². The van der Waals surface area contributed by atoms with Crippen molar-refractivity contribution in [3.63, 3.8) is 0 Å². The number of anilines is 1. The number of nitrogens with one attached hydrogen (secondary N) is 1. The van der Waals surface area contributed by atoms with E-state index in [1.807, 2.05) is 24.3 Å². The van der Waals surface area contributed by atoms with Gasteiger partial charge in [-0.2, -0.15) is 18.3 Å². The zero-order valence-electron chi connectivity index (χ0n) is 19.3. The lowest BCUT2D eigenvalue weighted by Crippen LogP contribution is -2.39. The third-order valence-electron chi connectivity index (χ3n) is 5.58. The van der Waals surface area contributed by atoms with E-state index in [-0.39, 0.29) is 18.5 Å². The van der Waals surface area contributed by atoms with Crippen molar-refractivity contribution in [2.24, 2.45) is 5.10 Å². The third kappa shape index (κ3) is 6.74. The van der Waals surface area contributed by atoms with E-state index in [2.05, 4.69) is 26.2 Å². The Kier molecular flexibility index (Phi) is 8.30. The fourth-order valence-corrected chi connectivity index (χ4v) is 4.46. The van der Waals surface area contributed by atoms with Crippen LogP contribution in [-0.2, 0) is 11.0 Å². The molecule has 0 bridgehead atoms. The molecule has 1 aliphatic heterocycles. The van der Waals surface area contributed by atoms with Crippen molar-refractivity contribution in [3.8, 4) is 5.88 Å². The number of hydrogen-bond acceptors (Lipinski definition) is 5. The summed E-state index contributed by atoms with van der Waals surface area (Å²) in [6.07, 6.45) is -4.31. The summed E-state index contributed by atoms with van der Waals surface area (Å²) < 4.78 is 44.5. The highest BCUT2D eigenvalue weighted by molar-refractivity contribution is 9.10. The number of ether oxygens (including phenoxy) is 1. The van der Waals surface area contributed by atoms with Crippen LogP contribution in [0.5, 0.6) is 5.88 Å². The lowest BCUT2D eigenvalue weighted by Gasteiger charge is -2.25. The Balaban J connectivity index is 1.44. The van der Waals surface area contributed by atoms with E-state index in [1.54, 1.807) is 23.2 Å². The Hall–Kier alpha value is -2.82. The molecular weight excluding hydrogens is 596 g/mol. The van der Waals surface area contributed by atoms with E-state index in [4.69, 9.17) is 33.0 Å². The van der Waals surface area contributed by atoms with Crippen LogP contribution in [0.4, 0.5) is 18.9 Å². The summed E-state index contributed by atoms with van der Waals surface area (Å²) in [6, 6.07) is 14.7. The molecule has 0 fully saturated rings. The number of halogens is 6. The van der Waals surface area contributed by atoms with Gasteiger partial charge in [0.15, 0.2) is 6.10 Å². The van der Waals surface area contributed by atoms with Gasteiger partial charge in [0.05, 0.1) is 34.6 Å². The highest BCUT2D eigenvalue weighted by Gasteiger charge is 2.32. The number of hydrazone groups is 1. The zero-order chi connectivity index (χ0) is 26.7. The molecule has 0 radical (unpaired) electrons. The summed E-state index contributed by atoms with van der Waals surface area (Å²) in [4.78, 5) is 16.2. The third-order valence-corrected chi connectivity index (χ3v) is 6.65. The van der Waals surface area contributed by atoms with Crippen molar-refractivity contribution < 1.29 is 22.7 Å². The zero-order valence-corrected chi connectivity index (χ0v) is 22.4. The molecule has 0 saturated heterocycles. The number of pyridine rings is 1. The van der Waals surface area contributed by atoms with E-state index in [0.29, 0.717) is 34.1 Å². The number of benzene rings is 2. The minimum absolute atomic E-state index is 0.0901. The van der Waals surface area contributed by atoms with Gasteiger partial charge in [0, 0.05) is 28.2 Å². The molecule has 194 valence electrons. The first kappa shape index (κ1) is 27.2. The Morgan fingerprint density at radius 2 is 1.92 bits per heavy atom. The standard InChI is InChI=1S/C25H20BrCl2F3N4O2/c1-14(37-23-9-4-16(12-32-23)25(29,30)31)24(36)33-13-19-11-22(15-2-5-17(26)6-3-15)35(34-19)21-8-7-18(27)10-20(21)28/h2-10,12,14,22H,11,13H2,1H3,(H,33,36). The molecule has 1 N–H and O–H groups in total. The van der Waals surface area contributed by atoms with Crippen LogP contribution >= 0.6 is 39.1 Å². The molecule has 12 heteroatoms. The largest absolute Gasteiger partial charge is 0.465 e. The second-order valence-corrected chi connectivity index (χ2v) is 10.00. The van der Waals surface area contributed by atoms with Gasteiger partial charge in [-0.15, -0.1) is 0 Å². The molecule has 2 atom stereocenters. The van der Waals surface area contributed by atoms with Crippen LogP contribution in [0, 0.1) is 0 Å². The predicted octanol–water partition coefficient (Wildman–Crippen LogP) is 7.06. The monoisotopic (exact) mass is 614 g/mol. The highest BCUT2D eigenvalue weighted by Crippen LogP contribution is 2.39. The Labute approximate surface area is 229 Å². The average molecular weight is 616 g/mol. The molecular formula is C25H20BrCl2F3N4O2. The number of alkyl halides is 3. The number of nitrogens with zero attached hydrogens (tertiary/aromatic N) is 3. The van der Waals surface area contributed by atoms with Gasteiger partial charge in [-0.3, -0.25) is 9.80 Å². The van der Waals surface area contributed by atoms with Crippen LogP contribution in [0.2, 0.25) is 10.0 Å². The Bertz CT molecular complexity index is 1300. The van der Waals surface area contributed by atoms with Crippen molar-refractivity contribution in [1.29, 1.82) is 0 Å². The van der Waals surface area contributed by atoms with Crippen molar-refractivity contribution in [3.05, 3.63) is 86.4 Å². The SMILES string of the molecule is CC(Oc1ccc(C(F)(F)F)cn1)C(=O)NCC1=NN(c2ccc(Cl)cc2Cl)C(c2ccc(Br)cc2)C1. The first-order valence-electron chi connectivity index (χ1n) is 11.0. The predicted molar refractivity (Wildman–Crippen MR) is 140 cm³/mol. The van der Waals surface area contributed by atoms with Crippen LogP contribution in [0.25, 0.3) is 0 Å². The van der Waals surface area contributed by atoms with Crippen LogP contribution in [0.3, 0.4) is 0 Å². The van der Waals surface area contributed by atoms with Gasteiger partial charge in [-0.1, -0.05) is 51.3 Å². The van der Waals surface area contributed by atoms with Crippen LogP contribution in [-0.4, -0.2) is 29.3 Å². The lowest BCUT2D eigenvalue weighted by molar-refractivity contribution is -0.138. The van der Waals surface area contributed by atoms with Crippen LogP contribution in [0.15, 0.2) is 70.4 Å². The van der Waals surface area contributed by atoms with Gasteiger partial charge in [0.2, 0.25) is 5.88 Å². The number of carbonyl (C=O) groups is 1. The minimum Gasteiger partial charge on any atom is -0.465 e. The fourth-order valence-electron chi connectivity index (χ4n) is 3.70. The van der Waals surface area contributed by atoms with E-state index in [9.17, 15) is 18.0 Å². The highest BCUT2D eigenvalue weighted by atomic mass is 79.9. The van der Waals surface area contributed by atoms with Crippen molar-refractivity contribution in [2.45, 2.75) is 31.7 Å². The molecule has 2 aromatic carbocycles. The van der Waals surface area contributed by atoms with E-state index in [0.717, 1.165) is 22.2 Å². The molecule has 0 saturated carbocycles. The molecule has 3 aromatic rings. The fraction of sp³-hybridized carbons (Fsp3) is 0.240. The van der Waals surface area contributed by atoms with Gasteiger partial charge < -0.3 is 10.1 Å². The molecule has 1 aromatic heterocycles. The molecule has 4 rings (SSSR count). The maximum atomic E-state index is 12.7. The van der Waals surface area contributed by atoms with Crippen molar-refractivity contribution in [1.82, 2.24) is 10.3 Å². The molecule has 37 heavy (non-hydrogen) atoms. The molecule has 6 nitrogen and oxygen atoms in total. The van der Waals surface area contributed by atoms with E-state index < -0.39 is 23.8 Å². The summed E-state index contributed by atoms with van der Waals surface area (Å²) in [7, 11) is 0. The van der Waals surface area contributed by atoms with Gasteiger partial charge in [0.1, 0.15) is 0 Å². The number of rotatable bonds is 7. The van der Waals surface area contributed by atoms with Crippen LogP contribution < -0.4 is 15.1 Å². The molecule has 2 heterocycles. The minimum atomic E-state index is -4.51. The first-order chi connectivity index (χ1) is 17.5. The maximum absolute atomic E-state index is 12.7. The lowest BCUT2D eigenvalue weighted by atomic mass is 10.0. The number of hydrogen-bond donors (Lipinski definition) is 1. The quantitative estimate of drug-likeness (QED) is 0.309. The Morgan fingerprint density at radius 3 is 2.54 bits per heavy atom. The topological polar surface area (TPSA) is 66.8 Å². The smallest absolute Gasteiger partial charge is 0.417 e. The number of carbonyl (C=O) groups excluding carboxylic acids is 1. The first-order valence-corrected chi connectivity index (χ1v) is 12.6. The van der Waals surface area contributed by atoms with Crippen LogP contribution in [0.1, 0.15) is 30.5 Å². The van der Waals surface area contributed by atoms with Crippen molar-refractivity contribution >= 4 is 56.4 Å². The molecule has 2 unspecified atom stereocenters. The second kappa shape index (κ2) is 11.3. The van der Waals surface area contributed by atoms with Gasteiger partial charge in [-0.25, -0.2) is 4.98 Å². The summed E-state index contributed by atoms with van der Waals surface area (Å²) in [6.45, 7) is 1.62. The molecule has 0 spiro atoms. The molecule has 1 amide bonds. The Morgan fingerprint density at radius 1 is 1.19 bits per heavy atom. The average Bonchev–Trinajstić information content (AvgIpc) is 3.26. The van der Waals surface area contributed by atoms with Gasteiger partial charge in [-0.05, 0) is 48.9 Å². The summed E-state index contributed by atoms with van der Waals surface area (Å²) in [5.74, 6) is -0.555. The van der Waals surface area contributed by atoms with E-state index in [1.165, 1.54) is 6.92 Å². The molecule has 1 aliphatic rings. The van der Waals surface area contributed by atoms with E-state index >= 15 is 0 Å². The number of aromatic nitrogens is 1. The normalized spacial score (nSPS) is 16.4. The van der Waals surface area contributed by atoms with Gasteiger partial charge in [0.25, 0.3) is 5.91 Å². The second-order valence-electron chi connectivity index (χ2n) is 8.24. The number of amides is 1. The summed E-state index contributed by atoms with van der Waals surface area (Å²) >= 11 is 16.0. The summed E-state index contributed by atoms with van der Waals surface area (Å²) in [5.41, 5.74) is 1.48. The maximum Gasteiger partial charge on any atom is 0.417 e.